The Kier molecular flexibility index (Phi) is 5.05. The molecule has 0 N–H and O–H groups in total. The number of aryl methyl sites for hydroxylation is 1. The van der Waals surface area contributed by atoms with Crippen LogP contribution in [0.4, 0.5) is 0 Å². The molecule has 0 radical (unpaired) electrons. The van der Waals surface area contributed by atoms with E-state index in [4.69, 9.17) is 9.72 Å². The second kappa shape index (κ2) is 8.16. The first-order valence-electron chi connectivity index (χ1n) is 9.78. The van der Waals surface area contributed by atoms with Crippen LogP contribution in [0.5, 0.6) is 5.75 Å². The van der Waals surface area contributed by atoms with Gasteiger partial charge in [0, 0.05) is 23.7 Å². The summed E-state index contributed by atoms with van der Waals surface area (Å²) in [6, 6.07) is 13.5. The largest absolute Gasteiger partial charge is 0.619 e. The summed E-state index contributed by atoms with van der Waals surface area (Å²) >= 11 is 1.63. The zero-order valence-electron chi connectivity index (χ0n) is 16.8. The standard InChI is InChI=1S/C23H19N5O2S/c1-16-25-19(15-31-16)13-28-22-11-18(17-6-9-27(29)10-7-17)4-5-21(22)26-23(28)14-30-20-3-2-8-24-12-20/h2-12,15H,13-14H2,1H3. The van der Waals surface area contributed by atoms with E-state index in [9.17, 15) is 5.21 Å². The van der Waals surface area contributed by atoms with Crippen LogP contribution in [0.15, 0.2) is 72.6 Å². The molecular weight excluding hydrogens is 410 g/mol. The monoisotopic (exact) mass is 429 g/mol. The number of hydrogen-bond donors (Lipinski definition) is 0. The minimum Gasteiger partial charge on any atom is -0.619 e. The number of nitrogens with zero attached hydrogens (tertiary/aromatic N) is 5. The van der Waals surface area contributed by atoms with Gasteiger partial charge in [-0.25, -0.2) is 9.97 Å². The third-order valence-electron chi connectivity index (χ3n) is 4.95. The minimum atomic E-state index is 0.320. The van der Waals surface area contributed by atoms with Crippen molar-refractivity contribution in [3.63, 3.8) is 0 Å². The van der Waals surface area contributed by atoms with Gasteiger partial charge in [-0.2, -0.15) is 4.73 Å². The van der Waals surface area contributed by atoms with E-state index in [1.807, 2.05) is 43.3 Å². The molecule has 0 saturated heterocycles. The van der Waals surface area contributed by atoms with Gasteiger partial charge in [-0.1, -0.05) is 6.07 Å². The Balaban J connectivity index is 1.55. The first kappa shape index (κ1) is 19.2. The van der Waals surface area contributed by atoms with Gasteiger partial charge in [0.2, 0.25) is 0 Å². The number of rotatable bonds is 6. The lowest BCUT2D eigenvalue weighted by Crippen LogP contribution is -2.23. The smallest absolute Gasteiger partial charge is 0.180 e. The van der Waals surface area contributed by atoms with E-state index < -0.39 is 0 Å². The van der Waals surface area contributed by atoms with Crippen molar-refractivity contribution in [1.29, 1.82) is 0 Å². The van der Waals surface area contributed by atoms with Crippen LogP contribution >= 0.6 is 11.3 Å². The highest BCUT2D eigenvalue weighted by Gasteiger charge is 2.15. The molecule has 0 fully saturated rings. The molecule has 5 rings (SSSR count). The highest BCUT2D eigenvalue weighted by atomic mass is 32.1. The average molecular weight is 430 g/mol. The highest BCUT2D eigenvalue weighted by Crippen LogP contribution is 2.26. The molecule has 4 heterocycles. The maximum Gasteiger partial charge on any atom is 0.180 e. The fourth-order valence-electron chi connectivity index (χ4n) is 3.47. The number of aromatic nitrogens is 5. The van der Waals surface area contributed by atoms with Crippen LogP contribution < -0.4 is 9.47 Å². The van der Waals surface area contributed by atoms with Gasteiger partial charge in [0.15, 0.2) is 12.4 Å². The Morgan fingerprint density at radius 3 is 2.71 bits per heavy atom. The van der Waals surface area contributed by atoms with E-state index in [1.54, 1.807) is 23.7 Å². The number of ether oxygens (including phenoxy) is 1. The molecule has 154 valence electrons. The van der Waals surface area contributed by atoms with E-state index in [-0.39, 0.29) is 0 Å². The molecule has 0 aliphatic rings. The summed E-state index contributed by atoms with van der Waals surface area (Å²) in [7, 11) is 0. The first-order valence-corrected chi connectivity index (χ1v) is 10.7. The number of thiazole rings is 1. The summed E-state index contributed by atoms with van der Waals surface area (Å²) in [5.41, 5.74) is 4.85. The molecule has 0 amide bonds. The highest BCUT2D eigenvalue weighted by molar-refractivity contribution is 7.09. The van der Waals surface area contributed by atoms with Crippen LogP contribution in [-0.4, -0.2) is 19.5 Å². The second-order valence-corrected chi connectivity index (χ2v) is 8.16. The SMILES string of the molecule is Cc1nc(Cn2c(COc3cccnc3)nc3ccc(-c4cc[n+]([O-])cc4)cc32)cs1. The van der Waals surface area contributed by atoms with Crippen LogP contribution in [-0.2, 0) is 13.2 Å². The van der Waals surface area contributed by atoms with Gasteiger partial charge in [0.25, 0.3) is 0 Å². The van der Waals surface area contributed by atoms with E-state index >= 15 is 0 Å². The predicted octanol–water partition coefficient (Wildman–Crippen LogP) is 4.12. The maximum absolute atomic E-state index is 11.4. The molecule has 31 heavy (non-hydrogen) atoms. The third kappa shape index (κ3) is 4.10. The van der Waals surface area contributed by atoms with Crippen molar-refractivity contribution in [3.8, 4) is 16.9 Å². The van der Waals surface area contributed by atoms with Crippen LogP contribution in [0.1, 0.15) is 16.5 Å². The zero-order valence-corrected chi connectivity index (χ0v) is 17.6. The lowest BCUT2D eigenvalue weighted by atomic mass is 10.1. The normalized spacial score (nSPS) is 11.1. The van der Waals surface area contributed by atoms with Crippen molar-refractivity contribution in [3.05, 3.63) is 94.4 Å². The zero-order chi connectivity index (χ0) is 21.2. The van der Waals surface area contributed by atoms with Crippen molar-refractivity contribution < 1.29 is 9.47 Å². The average Bonchev–Trinajstić information content (AvgIpc) is 3.36. The van der Waals surface area contributed by atoms with Gasteiger partial charge >= 0.3 is 0 Å². The van der Waals surface area contributed by atoms with Crippen molar-refractivity contribution in [2.75, 3.05) is 0 Å². The van der Waals surface area contributed by atoms with Gasteiger partial charge in [-0.3, -0.25) is 4.98 Å². The molecular formula is C23H19N5O2S. The third-order valence-corrected chi connectivity index (χ3v) is 5.77. The molecule has 7 nitrogen and oxygen atoms in total. The molecule has 8 heteroatoms. The molecule has 0 aliphatic carbocycles. The van der Waals surface area contributed by atoms with Crippen molar-refractivity contribution in [2.45, 2.75) is 20.1 Å². The van der Waals surface area contributed by atoms with Crippen LogP contribution in [0.2, 0.25) is 0 Å². The summed E-state index contributed by atoms with van der Waals surface area (Å²) < 4.78 is 8.85. The fourth-order valence-corrected chi connectivity index (χ4v) is 4.07. The molecule has 0 aliphatic heterocycles. The van der Waals surface area contributed by atoms with Crippen molar-refractivity contribution in [2.24, 2.45) is 0 Å². The van der Waals surface area contributed by atoms with Crippen molar-refractivity contribution >= 4 is 22.4 Å². The molecule has 0 saturated carbocycles. The van der Waals surface area contributed by atoms with Crippen molar-refractivity contribution in [1.82, 2.24) is 19.5 Å². The Morgan fingerprint density at radius 1 is 1.10 bits per heavy atom. The van der Waals surface area contributed by atoms with E-state index in [1.165, 1.54) is 12.4 Å². The first-order chi connectivity index (χ1) is 15.2. The fraction of sp³-hybridized carbons (Fsp3) is 0.130. The van der Waals surface area contributed by atoms with E-state index in [0.717, 1.165) is 43.4 Å². The quantitative estimate of drug-likeness (QED) is 0.300. The molecule has 0 bridgehead atoms. The maximum atomic E-state index is 11.4. The molecule has 0 atom stereocenters. The Hall–Kier alpha value is -3.78. The molecule has 0 unspecified atom stereocenters. The number of pyridine rings is 2. The van der Waals surface area contributed by atoms with Gasteiger partial charge in [0.1, 0.15) is 18.2 Å². The predicted molar refractivity (Wildman–Crippen MR) is 119 cm³/mol. The summed E-state index contributed by atoms with van der Waals surface area (Å²) in [5.74, 6) is 1.51. The summed E-state index contributed by atoms with van der Waals surface area (Å²) in [4.78, 5) is 13.5. The van der Waals surface area contributed by atoms with Crippen LogP contribution in [0.25, 0.3) is 22.2 Å². The molecule has 0 spiro atoms. The molecule has 4 aromatic heterocycles. The molecule has 1 aromatic carbocycles. The van der Waals surface area contributed by atoms with E-state index in [2.05, 4.69) is 26.0 Å². The number of hydrogen-bond acceptors (Lipinski definition) is 6. The van der Waals surface area contributed by atoms with Gasteiger partial charge in [-0.05, 0) is 42.3 Å². The van der Waals surface area contributed by atoms with Crippen LogP contribution in [0.3, 0.4) is 0 Å². The van der Waals surface area contributed by atoms with Gasteiger partial charge in [-0.15, -0.1) is 11.3 Å². The van der Waals surface area contributed by atoms with E-state index in [0.29, 0.717) is 18.9 Å². The lowest BCUT2D eigenvalue weighted by molar-refractivity contribution is -0.605. The summed E-state index contributed by atoms with van der Waals surface area (Å²) in [5, 5.41) is 14.5. The van der Waals surface area contributed by atoms with Gasteiger partial charge in [0.05, 0.1) is 34.5 Å². The summed E-state index contributed by atoms with van der Waals surface area (Å²) in [6.45, 7) is 2.92. The molecule has 5 aromatic rings. The van der Waals surface area contributed by atoms with Gasteiger partial charge < -0.3 is 14.5 Å². The minimum absolute atomic E-state index is 0.320. The Morgan fingerprint density at radius 2 is 1.97 bits per heavy atom. The Bertz CT molecular complexity index is 1330. The lowest BCUT2D eigenvalue weighted by Gasteiger charge is -2.10. The number of benzene rings is 1. The summed E-state index contributed by atoms with van der Waals surface area (Å²) in [6.07, 6.45) is 6.41. The number of fused-ring (bicyclic) bond motifs is 1. The second-order valence-electron chi connectivity index (χ2n) is 7.10. The van der Waals surface area contributed by atoms with Crippen LogP contribution in [0, 0.1) is 12.1 Å². The number of imidazole rings is 1. The Labute approximate surface area is 182 Å². The topological polar surface area (TPSA) is 79.8 Å².